The van der Waals surface area contributed by atoms with Gasteiger partial charge in [0.1, 0.15) is 4.29 Å². The third-order valence-electron chi connectivity index (χ3n) is 0.936. The van der Waals surface area contributed by atoms with Gasteiger partial charge in [0.05, 0.1) is 0 Å². The first-order valence-corrected chi connectivity index (χ1v) is 3.84. The van der Waals surface area contributed by atoms with Crippen molar-refractivity contribution in [3.63, 3.8) is 0 Å². The highest BCUT2D eigenvalue weighted by Crippen LogP contribution is 2.25. The smallest absolute Gasteiger partial charge is 0.115 e. The maximum Gasteiger partial charge on any atom is 0.115 e. The molecule has 1 nitrogen and oxygen atoms in total. The maximum absolute atomic E-state index is 5.68. The van der Waals surface area contributed by atoms with E-state index in [0.717, 1.165) is 5.56 Å². The average molecular weight is 206 g/mol. The summed E-state index contributed by atoms with van der Waals surface area (Å²) >= 11 is 8.89. The Kier molecular flexibility index (Phi) is 2.49. The largest absolute Gasteiger partial charge is 0.264 e. The van der Waals surface area contributed by atoms with E-state index in [2.05, 4.69) is 20.9 Å². The number of aromatic nitrogens is 1. The summed E-state index contributed by atoms with van der Waals surface area (Å²) in [4.78, 5) is 3.89. The van der Waals surface area contributed by atoms with Crippen molar-refractivity contribution in [1.29, 1.82) is 0 Å². The molecule has 1 heterocycles. The molecule has 1 aromatic heterocycles. The molecular formula is C6H5BrClN. The van der Waals surface area contributed by atoms with Crippen molar-refractivity contribution in [2.24, 2.45) is 0 Å². The molecule has 0 aliphatic carbocycles. The fourth-order valence-electron chi connectivity index (χ4n) is 0.505. The predicted molar refractivity (Wildman–Crippen MR) is 41.8 cm³/mol. The van der Waals surface area contributed by atoms with E-state index >= 15 is 0 Å². The number of halogens is 2. The van der Waals surface area contributed by atoms with Crippen LogP contribution >= 0.6 is 27.5 Å². The molecule has 0 aliphatic rings. The normalized spacial score (nSPS) is 13.1. The van der Waals surface area contributed by atoms with Gasteiger partial charge in [-0.3, -0.25) is 4.98 Å². The monoisotopic (exact) mass is 205 g/mol. The van der Waals surface area contributed by atoms with Crippen molar-refractivity contribution < 1.29 is 0 Å². The van der Waals surface area contributed by atoms with Crippen molar-refractivity contribution in [2.45, 2.75) is 4.29 Å². The number of rotatable bonds is 1. The van der Waals surface area contributed by atoms with Crippen LogP contribution in [0.1, 0.15) is 9.85 Å². The minimum Gasteiger partial charge on any atom is -0.264 e. The molecule has 0 fully saturated rings. The molecule has 0 saturated heterocycles. The number of hydrogen-bond acceptors (Lipinski definition) is 1. The fourth-order valence-corrected chi connectivity index (χ4v) is 0.905. The molecule has 1 unspecified atom stereocenters. The second-order valence-electron chi connectivity index (χ2n) is 1.59. The maximum atomic E-state index is 5.68. The Morgan fingerprint density at radius 2 is 2.44 bits per heavy atom. The van der Waals surface area contributed by atoms with Crippen LogP contribution in [0.15, 0.2) is 24.5 Å². The van der Waals surface area contributed by atoms with Crippen molar-refractivity contribution in [1.82, 2.24) is 4.98 Å². The number of nitrogens with zero attached hydrogens (tertiary/aromatic N) is 1. The molecule has 1 rings (SSSR count). The molecule has 0 aromatic carbocycles. The van der Waals surface area contributed by atoms with E-state index in [1.807, 2.05) is 12.1 Å². The summed E-state index contributed by atoms with van der Waals surface area (Å²) in [5.74, 6) is 0. The summed E-state index contributed by atoms with van der Waals surface area (Å²) in [6, 6.07) is 3.77. The topological polar surface area (TPSA) is 12.9 Å². The van der Waals surface area contributed by atoms with Gasteiger partial charge in [-0.1, -0.05) is 22.0 Å². The molecule has 9 heavy (non-hydrogen) atoms. The molecule has 0 bridgehead atoms. The minimum absolute atomic E-state index is 0.119. The molecule has 48 valence electrons. The first kappa shape index (κ1) is 7.03. The summed E-state index contributed by atoms with van der Waals surface area (Å²) in [5, 5.41) is 0. The minimum atomic E-state index is -0.119. The van der Waals surface area contributed by atoms with Crippen LogP contribution in [-0.2, 0) is 0 Å². The van der Waals surface area contributed by atoms with Crippen LogP contribution < -0.4 is 0 Å². The third-order valence-corrected chi connectivity index (χ3v) is 1.72. The van der Waals surface area contributed by atoms with Gasteiger partial charge in [-0.05, 0) is 11.6 Å². The summed E-state index contributed by atoms with van der Waals surface area (Å²) in [6.45, 7) is 0. The molecule has 0 aliphatic heterocycles. The molecule has 0 amide bonds. The van der Waals surface area contributed by atoms with Crippen LogP contribution in [0.2, 0.25) is 0 Å². The second-order valence-corrected chi connectivity index (χ2v) is 3.47. The van der Waals surface area contributed by atoms with E-state index < -0.39 is 0 Å². The number of pyridine rings is 1. The first-order chi connectivity index (χ1) is 4.30. The van der Waals surface area contributed by atoms with Gasteiger partial charge in [-0.15, -0.1) is 11.6 Å². The molecular weight excluding hydrogens is 201 g/mol. The summed E-state index contributed by atoms with van der Waals surface area (Å²) in [5.41, 5.74) is 0.985. The van der Waals surface area contributed by atoms with E-state index in [4.69, 9.17) is 11.6 Å². The van der Waals surface area contributed by atoms with Crippen molar-refractivity contribution >= 4 is 27.5 Å². The van der Waals surface area contributed by atoms with Gasteiger partial charge in [0.25, 0.3) is 0 Å². The lowest BCUT2D eigenvalue weighted by molar-refractivity contribution is 1.24. The quantitative estimate of drug-likeness (QED) is 0.644. The van der Waals surface area contributed by atoms with Crippen LogP contribution in [0.25, 0.3) is 0 Å². The second kappa shape index (κ2) is 3.18. The van der Waals surface area contributed by atoms with Gasteiger partial charge in [-0.25, -0.2) is 0 Å². The van der Waals surface area contributed by atoms with Gasteiger partial charge in [0.15, 0.2) is 0 Å². The van der Waals surface area contributed by atoms with E-state index in [-0.39, 0.29) is 4.29 Å². The molecule has 1 aromatic rings. The molecule has 0 saturated carbocycles. The first-order valence-electron chi connectivity index (χ1n) is 2.49. The zero-order valence-electron chi connectivity index (χ0n) is 4.59. The highest BCUT2D eigenvalue weighted by atomic mass is 79.9. The molecule has 0 radical (unpaired) electrons. The SMILES string of the molecule is ClC(Br)c1cccnc1. The predicted octanol–water partition coefficient (Wildman–Crippen LogP) is 2.71. The Labute approximate surface area is 67.2 Å². The van der Waals surface area contributed by atoms with E-state index in [9.17, 15) is 0 Å². The molecule has 3 heteroatoms. The average Bonchev–Trinajstić information content (AvgIpc) is 1.90. The van der Waals surface area contributed by atoms with E-state index in [1.165, 1.54) is 0 Å². The van der Waals surface area contributed by atoms with Crippen LogP contribution in [0, 0.1) is 0 Å². The zero-order valence-corrected chi connectivity index (χ0v) is 6.93. The zero-order chi connectivity index (χ0) is 6.69. The molecule has 0 N–H and O–H groups in total. The standard InChI is InChI=1S/C6H5BrClN/c7-6(8)5-2-1-3-9-4-5/h1-4,6H. The van der Waals surface area contributed by atoms with Gasteiger partial charge in [0, 0.05) is 12.4 Å². The van der Waals surface area contributed by atoms with Crippen LogP contribution in [0.5, 0.6) is 0 Å². The number of alkyl halides is 2. The van der Waals surface area contributed by atoms with Gasteiger partial charge in [0.2, 0.25) is 0 Å². The summed E-state index contributed by atoms with van der Waals surface area (Å²) in [7, 11) is 0. The number of hydrogen-bond donors (Lipinski definition) is 0. The molecule has 0 spiro atoms. The lowest BCUT2D eigenvalue weighted by Crippen LogP contribution is -1.79. The highest BCUT2D eigenvalue weighted by molar-refractivity contribution is 9.09. The van der Waals surface area contributed by atoms with E-state index in [0.29, 0.717) is 0 Å². The Morgan fingerprint density at radius 3 is 2.78 bits per heavy atom. The Morgan fingerprint density at radius 1 is 1.67 bits per heavy atom. The third kappa shape index (κ3) is 1.95. The van der Waals surface area contributed by atoms with Crippen LogP contribution in [0.4, 0.5) is 0 Å². The van der Waals surface area contributed by atoms with Crippen molar-refractivity contribution in [3.8, 4) is 0 Å². The highest BCUT2D eigenvalue weighted by Gasteiger charge is 1.99. The van der Waals surface area contributed by atoms with Gasteiger partial charge < -0.3 is 0 Å². The van der Waals surface area contributed by atoms with E-state index in [1.54, 1.807) is 12.4 Å². The summed E-state index contributed by atoms with van der Waals surface area (Å²) < 4.78 is -0.119. The van der Waals surface area contributed by atoms with Crippen LogP contribution in [-0.4, -0.2) is 4.98 Å². The van der Waals surface area contributed by atoms with Crippen molar-refractivity contribution in [3.05, 3.63) is 30.1 Å². The lowest BCUT2D eigenvalue weighted by atomic mass is 10.3. The van der Waals surface area contributed by atoms with Crippen LogP contribution in [0.3, 0.4) is 0 Å². The molecule has 1 atom stereocenters. The lowest BCUT2D eigenvalue weighted by Gasteiger charge is -1.96. The van der Waals surface area contributed by atoms with Gasteiger partial charge in [-0.2, -0.15) is 0 Å². The Hall–Kier alpha value is -0.0800. The summed E-state index contributed by atoms with van der Waals surface area (Å²) in [6.07, 6.45) is 3.45. The Bertz CT molecular complexity index is 176. The fraction of sp³-hybridized carbons (Fsp3) is 0.167. The van der Waals surface area contributed by atoms with Crippen molar-refractivity contribution in [2.75, 3.05) is 0 Å². The van der Waals surface area contributed by atoms with Gasteiger partial charge >= 0.3 is 0 Å². The Balaban J connectivity index is 2.85.